The molecule has 0 spiro atoms. The van der Waals surface area contributed by atoms with Crippen LogP contribution in [-0.2, 0) is 22.3 Å². The Morgan fingerprint density at radius 1 is 1.32 bits per heavy atom. The van der Waals surface area contributed by atoms with Crippen LogP contribution in [0.25, 0.3) is 0 Å². The van der Waals surface area contributed by atoms with Crippen LogP contribution in [0.2, 0.25) is 0 Å². The van der Waals surface area contributed by atoms with Gasteiger partial charge in [-0.3, -0.25) is 4.79 Å². The van der Waals surface area contributed by atoms with E-state index in [-0.39, 0.29) is 24.5 Å². The highest BCUT2D eigenvalue weighted by Gasteiger charge is 2.70. The zero-order valence-electron chi connectivity index (χ0n) is 14.3. The summed E-state index contributed by atoms with van der Waals surface area (Å²) in [7, 11) is 0. The Labute approximate surface area is 144 Å². The summed E-state index contributed by atoms with van der Waals surface area (Å²) in [6.45, 7) is 4.69. The molecule has 7 heteroatoms. The fraction of sp³-hybridized carbons (Fsp3) is 0.611. The maximum absolute atomic E-state index is 12.7. The van der Waals surface area contributed by atoms with E-state index in [1.807, 2.05) is 13.8 Å². The first-order valence-electron chi connectivity index (χ1n) is 8.43. The molecule has 25 heavy (non-hydrogen) atoms. The van der Waals surface area contributed by atoms with Crippen molar-refractivity contribution in [3.05, 3.63) is 35.4 Å². The first-order valence-corrected chi connectivity index (χ1v) is 8.43. The standard InChI is InChI=1S/C18H23F3N2O2/c1-16(2)14-13(4-3-9-25-14)17(16,22)15(24)23-10-11-5-7-12(8-6-11)18(19,20)21/h5-8,13-14H,3-4,9-10,22H2,1-2H3,(H,23,24). The van der Waals surface area contributed by atoms with Gasteiger partial charge in [-0.1, -0.05) is 26.0 Å². The summed E-state index contributed by atoms with van der Waals surface area (Å²) in [4.78, 5) is 12.7. The largest absolute Gasteiger partial charge is 0.416 e. The molecule has 3 unspecified atom stereocenters. The Morgan fingerprint density at radius 2 is 1.96 bits per heavy atom. The van der Waals surface area contributed by atoms with Crippen molar-refractivity contribution in [1.29, 1.82) is 0 Å². The molecule has 1 amide bonds. The first kappa shape index (κ1) is 18.2. The van der Waals surface area contributed by atoms with Gasteiger partial charge in [-0.2, -0.15) is 13.2 Å². The highest BCUT2D eigenvalue weighted by molar-refractivity contribution is 5.89. The Morgan fingerprint density at radius 3 is 2.56 bits per heavy atom. The van der Waals surface area contributed by atoms with E-state index in [0.717, 1.165) is 25.0 Å². The average molecular weight is 356 g/mol. The quantitative estimate of drug-likeness (QED) is 0.875. The summed E-state index contributed by atoms with van der Waals surface area (Å²) in [5.41, 5.74) is 4.86. The molecule has 1 heterocycles. The van der Waals surface area contributed by atoms with Crippen molar-refractivity contribution >= 4 is 5.91 Å². The van der Waals surface area contributed by atoms with Gasteiger partial charge in [0.25, 0.3) is 0 Å². The third-order valence-electron chi connectivity index (χ3n) is 5.79. The third kappa shape index (κ3) is 2.83. The Bertz CT molecular complexity index is 657. The molecule has 2 fully saturated rings. The highest BCUT2D eigenvalue weighted by Crippen LogP contribution is 2.57. The van der Waals surface area contributed by atoms with Crippen molar-refractivity contribution in [3.8, 4) is 0 Å². The van der Waals surface area contributed by atoms with Gasteiger partial charge in [0.15, 0.2) is 0 Å². The molecule has 3 rings (SSSR count). The second-order valence-corrected chi connectivity index (χ2v) is 7.51. The van der Waals surface area contributed by atoms with Crippen LogP contribution < -0.4 is 11.1 Å². The molecule has 4 nitrogen and oxygen atoms in total. The van der Waals surface area contributed by atoms with E-state index in [1.165, 1.54) is 12.1 Å². The number of nitrogens with two attached hydrogens (primary N) is 1. The summed E-state index contributed by atoms with van der Waals surface area (Å²) in [6, 6.07) is 4.76. The van der Waals surface area contributed by atoms with Crippen LogP contribution in [0, 0.1) is 11.3 Å². The highest BCUT2D eigenvalue weighted by atomic mass is 19.4. The van der Waals surface area contributed by atoms with Gasteiger partial charge < -0.3 is 15.8 Å². The van der Waals surface area contributed by atoms with Gasteiger partial charge in [-0.15, -0.1) is 0 Å². The monoisotopic (exact) mass is 356 g/mol. The number of alkyl halides is 3. The number of halogens is 3. The number of fused-ring (bicyclic) bond motifs is 1. The number of hydrogen-bond donors (Lipinski definition) is 2. The molecule has 1 aliphatic carbocycles. The lowest BCUT2D eigenvalue weighted by atomic mass is 9.46. The van der Waals surface area contributed by atoms with Crippen molar-refractivity contribution in [3.63, 3.8) is 0 Å². The van der Waals surface area contributed by atoms with E-state index in [0.29, 0.717) is 12.2 Å². The van der Waals surface area contributed by atoms with Gasteiger partial charge in [0.2, 0.25) is 5.91 Å². The molecule has 3 atom stereocenters. The van der Waals surface area contributed by atoms with E-state index in [2.05, 4.69) is 5.32 Å². The lowest BCUT2D eigenvalue weighted by Gasteiger charge is -2.65. The number of carbonyl (C=O) groups excluding carboxylic acids is 1. The Balaban J connectivity index is 1.66. The van der Waals surface area contributed by atoms with Gasteiger partial charge in [-0.25, -0.2) is 0 Å². The van der Waals surface area contributed by atoms with Crippen LogP contribution in [-0.4, -0.2) is 24.2 Å². The fourth-order valence-corrected chi connectivity index (χ4v) is 4.18. The second kappa shape index (κ2) is 5.99. The minimum Gasteiger partial charge on any atom is -0.377 e. The van der Waals surface area contributed by atoms with Crippen LogP contribution in [0.1, 0.15) is 37.8 Å². The van der Waals surface area contributed by atoms with E-state index in [9.17, 15) is 18.0 Å². The maximum atomic E-state index is 12.7. The summed E-state index contributed by atoms with van der Waals surface area (Å²) >= 11 is 0. The van der Waals surface area contributed by atoms with Gasteiger partial charge in [0.05, 0.1) is 11.7 Å². The zero-order chi connectivity index (χ0) is 18.5. The van der Waals surface area contributed by atoms with Crippen LogP contribution in [0.4, 0.5) is 13.2 Å². The van der Waals surface area contributed by atoms with E-state index < -0.39 is 22.7 Å². The molecule has 1 saturated heterocycles. The average Bonchev–Trinajstić information content (AvgIpc) is 2.58. The zero-order valence-corrected chi connectivity index (χ0v) is 14.3. The van der Waals surface area contributed by atoms with Gasteiger partial charge in [0.1, 0.15) is 5.54 Å². The number of ether oxygens (including phenoxy) is 1. The molecule has 1 aliphatic heterocycles. The van der Waals surface area contributed by atoms with Crippen LogP contribution >= 0.6 is 0 Å². The molecule has 0 bridgehead atoms. The number of hydrogen-bond acceptors (Lipinski definition) is 3. The van der Waals surface area contributed by atoms with Crippen molar-refractivity contribution < 1.29 is 22.7 Å². The van der Waals surface area contributed by atoms with Crippen molar-refractivity contribution in [2.24, 2.45) is 17.1 Å². The molecule has 0 aromatic heterocycles. The lowest BCUT2D eigenvalue weighted by Crippen LogP contribution is -2.82. The molecular weight excluding hydrogens is 333 g/mol. The smallest absolute Gasteiger partial charge is 0.377 e. The molecule has 1 aromatic carbocycles. The predicted molar refractivity (Wildman–Crippen MR) is 86.5 cm³/mol. The fourth-order valence-electron chi connectivity index (χ4n) is 4.18. The third-order valence-corrected chi connectivity index (χ3v) is 5.79. The van der Waals surface area contributed by atoms with Gasteiger partial charge in [-0.05, 0) is 30.5 Å². The molecule has 3 N–H and O–H groups in total. The number of rotatable bonds is 3. The minimum atomic E-state index is -4.37. The van der Waals surface area contributed by atoms with E-state index in [4.69, 9.17) is 10.5 Å². The maximum Gasteiger partial charge on any atom is 0.416 e. The summed E-state index contributed by atoms with van der Waals surface area (Å²) in [6.07, 6.45) is -2.67. The molecule has 2 aliphatic rings. The van der Waals surface area contributed by atoms with Crippen LogP contribution in [0.5, 0.6) is 0 Å². The molecular formula is C18H23F3N2O2. The number of nitrogens with one attached hydrogen (secondary N) is 1. The van der Waals surface area contributed by atoms with Crippen molar-refractivity contribution in [2.75, 3.05) is 6.61 Å². The SMILES string of the molecule is CC1(C)C2OCCCC2C1(N)C(=O)NCc1ccc(C(F)(F)F)cc1. The Hall–Kier alpha value is -1.60. The first-order chi connectivity index (χ1) is 11.6. The second-order valence-electron chi connectivity index (χ2n) is 7.51. The molecule has 138 valence electrons. The normalized spacial score (nSPS) is 31.0. The Kier molecular flexibility index (Phi) is 4.36. The molecule has 1 saturated carbocycles. The van der Waals surface area contributed by atoms with E-state index >= 15 is 0 Å². The van der Waals surface area contributed by atoms with Crippen LogP contribution in [0.3, 0.4) is 0 Å². The number of amides is 1. The lowest BCUT2D eigenvalue weighted by molar-refractivity contribution is -0.225. The summed E-state index contributed by atoms with van der Waals surface area (Å²) < 4.78 is 43.5. The van der Waals surface area contributed by atoms with E-state index in [1.54, 1.807) is 0 Å². The summed E-state index contributed by atoms with van der Waals surface area (Å²) in [5.74, 6) is -0.298. The topological polar surface area (TPSA) is 64.3 Å². The predicted octanol–water partition coefficient (Wildman–Crippen LogP) is 2.85. The van der Waals surface area contributed by atoms with Gasteiger partial charge in [0, 0.05) is 24.5 Å². The minimum absolute atomic E-state index is 0.0242. The number of carbonyl (C=O) groups is 1. The molecule has 0 radical (unpaired) electrons. The van der Waals surface area contributed by atoms with Gasteiger partial charge >= 0.3 is 6.18 Å². The molecule has 1 aromatic rings. The summed E-state index contributed by atoms with van der Waals surface area (Å²) in [5, 5.41) is 2.79. The number of benzene rings is 1. The van der Waals surface area contributed by atoms with Crippen molar-refractivity contribution in [1.82, 2.24) is 5.32 Å². The van der Waals surface area contributed by atoms with Crippen LogP contribution in [0.15, 0.2) is 24.3 Å². The van der Waals surface area contributed by atoms with Crippen molar-refractivity contribution in [2.45, 2.75) is 51.1 Å².